The molecule has 0 bridgehead atoms. The Kier molecular flexibility index (Phi) is 13.4. The maximum Gasteiger partial charge on any atom is 0.394 e. The van der Waals surface area contributed by atoms with E-state index >= 15 is 0 Å². The van der Waals surface area contributed by atoms with E-state index in [0.717, 1.165) is 106 Å². The molecule has 60 heavy (non-hydrogen) atoms. The quantitative estimate of drug-likeness (QED) is 0.196. The third-order valence-electron chi connectivity index (χ3n) is 19.8. The van der Waals surface area contributed by atoms with E-state index in [0.29, 0.717) is 45.7 Å². The molecule has 1 aliphatic heterocycles. The van der Waals surface area contributed by atoms with Gasteiger partial charge in [0.2, 0.25) is 0 Å². The highest BCUT2D eigenvalue weighted by atomic mass is 32.3. The lowest BCUT2D eigenvalue weighted by atomic mass is 9.46. The largest absolute Gasteiger partial charge is 0.394 e. The molecular formula is C50H76N2O7S. The molecule has 1 spiro atoms. The second-order valence-corrected chi connectivity index (χ2v) is 23.1. The Morgan fingerprint density at radius 3 is 1.62 bits per heavy atom. The summed E-state index contributed by atoms with van der Waals surface area (Å²) in [5, 5.41) is 18.0. The molecule has 0 aromatic carbocycles. The fraction of sp³-hybridized carbons (Fsp3) is 0.860. The Labute approximate surface area is 362 Å². The molecule has 14 atom stereocenters. The van der Waals surface area contributed by atoms with Gasteiger partial charge in [0.15, 0.2) is 11.6 Å². The van der Waals surface area contributed by atoms with Crippen LogP contribution in [0, 0.1) is 104 Å². The number of ether oxygens (including phenoxy) is 2. The normalized spacial score (nSPS) is 43.2. The lowest BCUT2D eigenvalue weighted by molar-refractivity contribution is -0.144. The van der Waals surface area contributed by atoms with Gasteiger partial charge < -0.3 is 9.47 Å². The van der Waals surface area contributed by atoms with Gasteiger partial charge in [0.1, 0.15) is 0 Å². The molecule has 9 aliphatic rings. The van der Waals surface area contributed by atoms with Gasteiger partial charge in [-0.1, -0.05) is 52.7 Å². The summed E-state index contributed by atoms with van der Waals surface area (Å²) in [4.78, 5) is 12.0. The predicted molar refractivity (Wildman–Crippen MR) is 232 cm³/mol. The van der Waals surface area contributed by atoms with Crippen LogP contribution in [-0.2, 0) is 24.7 Å². The molecule has 7 fully saturated rings. The van der Waals surface area contributed by atoms with Crippen molar-refractivity contribution in [2.45, 2.75) is 176 Å². The third kappa shape index (κ3) is 8.49. The van der Waals surface area contributed by atoms with Gasteiger partial charge in [-0.05, 0) is 196 Å². The molecule has 1 saturated heterocycles. The molecule has 0 aromatic rings. The lowest BCUT2D eigenvalue weighted by Gasteiger charge is -2.59. The molecule has 9 nitrogen and oxygen atoms in total. The minimum Gasteiger partial charge on any atom is -0.344 e. The fourth-order valence-corrected chi connectivity index (χ4v) is 16.9. The maximum absolute atomic E-state index is 12.0. The fourth-order valence-electron chi connectivity index (χ4n) is 16.9. The zero-order valence-corrected chi connectivity index (χ0v) is 38.5. The van der Waals surface area contributed by atoms with Crippen LogP contribution in [0.3, 0.4) is 0 Å². The van der Waals surface area contributed by atoms with E-state index in [4.69, 9.17) is 37.5 Å². The molecule has 0 amide bonds. The van der Waals surface area contributed by atoms with Crippen LogP contribution in [0.4, 0.5) is 0 Å². The van der Waals surface area contributed by atoms with Crippen LogP contribution >= 0.6 is 0 Å². The van der Waals surface area contributed by atoms with Gasteiger partial charge >= 0.3 is 10.4 Å². The number of ketones is 1. The number of nitriles is 2. The van der Waals surface area contributed by atoms with Crippen LogP contribution in [0.15, 0.2) is 23.3 Å². The summed E-state index contributed by atoms with van der Waals surface area (Å²) in [6, 6.07) is 4.74. The minimum absolute atomic E-state index is 0.294. The zero-order valence-electron chi connectivity index (χ0n) is 37.7. The van der Waals surface area contributed by atoms with Crippen LogP contribution < -0.4 is 0 Å². The molecular weight excluding hydrogens is 773 g/mol. The number of hydrogen-bond donors (Lipinski definition) is 2. The van der Waals surface area contributed by atoms with Gasteiger partial charge in [0.05, 0.1) is 25.4 Å². The smallest absolute Gasteiger partial charge is 0.344 e. The lowest BCUT2D eigenvalue weighted by Crippen LogP contribution is -2.52. The molecule has 6 saturated carbocycles. The first-order chi connectivity index (χ1) is 28.3. The highest BCUT2D eigenvalue weighted by Gasteiger charge is 2.61. The second-order valence-electron chi connectivity index (χ2n) is 22.2. The van der Waals surface area contributed by atoms with E-state index in [-0.39, 0.29) is 5.79 Å². The Hall–Kier alpha value is -2.08. The first kappa shape index (κ1) is 45.9. The van der Waals surface area contributed by atoms with E-state index < -0.39 is 10.4 Å². The Morgan fingerprint density at radius 2 is 1.13 bits per heavy atom. The predicted octanol–water partition coefficient (Wildman–Crippen LogP) is 11.7. The summed E-state index contributed by atoms with van der Waals surface area (Å²) >= 11 is 0. The van der Waals surface area contributed by atoms with Gasteiger partial charge in [0, 0.05) is 25.7 Å². The van der Waals surface area contributed by atoms with Crippen molar-refractivity contribution in [1.29, 1.82) is 10.5 Å². The van der Waals surface area contributed by atoms with Gasteiger partial charge in [-0.25, -0.2) is 0 Å². The Morgan fingerprint density at radius 1 is 0.667 bits per heavy atom. The molecule has 10 heteroatoms. The summed E-state index contributed by atoms with van der Waals surface area (Å²) in [5.41, 5.74) is 4.76. The van der Waals surface area contributed by atoms with Crippen LogP contribution in [0.5, 0.6) is 0 Å². The SMILES string of the molecule is C[C@H](CCC#N)C1CCC2C3CCC4=CC(=O)CC[C@]4(C)C3CC[C@@]21C.C[C@H](CCC#N)C1CCC2C3CCC4=CC5(CC[C@]4(C)C3CC[C@@]21C)OCCO5.O=S(=O)(O)O. The summed E-state index contributed by atoms with van der Waals surface area (Å²) in [5.74, 6) is 8.13. The number of carbonyl (C=O) groups excluding carboxylic acids is 1. The third-order valence-corrected chi connectivity index (χ3v) is 19.8. The van der Waals surface area contributed by atoms with Crippen LogP contribution in [0.2, 0.25) is 0 Å². The first-order valence-electron chi connectivity index (χ1n) is 24.0. The van der Waals surface area contributed by atoms with Gasteiger partial charge in [-0.2, -0.15) is 18.9 Å². The summed E-state index contributed by atoms with van der Waals surface area (Å²) in [7, 11) is -4.67. The molecule has 0 radical (unpaired) electrons. The Balaban J connectivity index is 0.000000164. The molecule has 8 aliphatic carbocycles. The van der Waals surface area contributed by atoms with Crippen molar-refractivity contribution >= 4 is 16.2 Å². The van der Waals surface area contributed by atoms with Crippen molar-refractivity contribution in [2.24, 2.45) is 80.8 Å². The average molecular weight is 849 g/mol. The van der Waals surface area contributed by atoms with Gasteiger partial charge in [-0.15, -0.1) is 0 Å². The van der Waals surface area contributed by atoms with Crippen LogP contribution in [0.25, 0.3) is 0 Å². The summed E-state index contributed by atoms with van der Waals surface area (Å²) in [6.45, 7) is 16.6. The van der Waals surface area contributed by atoms with E-state index in [1.54, 1.807) is 5.57 Å². The summed E-state index contributed by atoms with van der Waals surface area (Å²) in [6.07, 6.45) is 28.3. The number of rotatable bonds is 6. The van der Waals surface area contributed by atoms with Gasteiger partial charge in [0.25, 0.3) is 0 Å². The molecule has 1 heterocycles. The maximum atomic E-state index is 12.0. The average Bonchev–Trinajstić information content (AvgIpc) is 3.91. The second kappa shape index (κ2) is 17.5. The molecule has 2 N–H and O–H groups in total. The van der Waals surface area contributed by atoms with Crippen molar-refractivity contribution in [3.05, 3.63) is 23.3 Å². The monoisotopic (exact) mass is 849 g/mol. The Bertz CT molecular complexity index is 1850. The number of fused-ring (bicyclic) bond motifs is 10. The standard InChI is InChI=1S/C26H39NO2.C24H35NO.H2O4S/c1-18(5-4-14-27)21-8-9-22-20-7-6-19-17-26(28-15-16-29-26)13-12-24(19,2)23(20)10-11-25(21,22)3;1-16(5-4-14-25)20-8-9-21-19-7-6-17-15-18(26)10-12-23(17,2)22(19)11-13-24(20,21)3;1-5(2,3)4/h17-18,20-23H,4-13,15-16H2,1-3H3;15-16,19-22H,4-13H2,1-3H3;(H2,1,2,3,4)/t18-,20?,21?,22?,23?,24+,25-;16-,19?,20?,21?,22?,23+,24-;/m11./s1. The minimum atomic E-state index is -4.67. The van der Waals surface area contributed by atoms with Crippen molar-refractivity contribution < 1.29 is 31.8 Å². The zero-order chi connectivity index (χ0) is 43.3. The topological polar surface area (TPSA) is 158 Å². The van der Waals surface area contributed by atoms with E-state index in [1.807, 2.05) is 6.08 Å². The van der Waals surface area contributed by atoms with Crippen molar-refractivity contribution in [3.8, 4) is 12.1 Å². The number of hydrogen-bond acceptors (Lipinski definition) is 7. The van der Waals surface area contributed by atoms with Crippen molar-refractivity contribution in [2.75, 3.05) is 13.2 Å². The number of carbonyl (C=O) groups is 1. The summed E-state index contributed by atoms with van der Waals surface area (Å²) < 4.78 is 43.7. The van der Waals surface area contributed by atoms with E-state index in [1.165, 1.54) is 82.6 Å². The molecule has 8 unspecified atom stereocenters. The van der Waals surface area contributed by atoms with Crippen LogP contribution in [-0.4, -0.2) is 42.3 Å². The highest BCUT2D eigenvalue weighted by Crippen LogP contribution is 2.70. The molecule has 334 valence electrons. The van der Waals surface area contributed by atoms with E-state index in [9.17, 15) is 4.79 Å². The molecule has 0 aromatic heterocycles. The first-order valence-corrected chi connectivity index (χ1v) is 25.4. The van der Waals surface area contributed by atoms with Crippen molar-refractivity contribution in [3.63, 3.8) is 0 Å². The number of nitrogens with zero attached hydrogens (tertiary/aromatic N) is 2. The number of allylic oxidation sites excluding steroid dienone is 2. The van der Waals surface area contributed by atoms with E-state index in [2.05, 4.69) is 59.8 Å². The van der Waals surface area contributed by atoms with Crippen LogP contribution in [0.1, 0.15) is 170 Å². The van der Waals surface area contributed by atoms with Crippen molar-refractivity contribution in [1.82, 2.24) is 0 Å². The molecule has 9 rings (SSSR count). The van der Waals surface area contributed by atoms with Gasteiger partial charge in [-0.3, -0.25) is 13.9 Å². The highest BCUT2D eigenvalue weighted by molar-refractivity contribution is 7.79.